The van der Waals surface area contributed by atoms with Gasteiger partial charge in [-0.15, -0.1) is 0 Å². The molecule has 2 aromatic rings. The van der Waals surface area contributed by atoms with Crippen molar-refractivity contribution in [3.05, 3.63) is 53.9 Å². The minimum atomic E-state index is -0.555. The van der Waals surface area contributed by atoms with Gasteiger partial charge in [-0.2, -0.15) is 0 Å². The Hall–Kier alpha value is -2.15. The number of benzene rings is 1. The summed E-state index contributed by atoms with van der Waals surface area (Å²) < 4.78 is 26.6. The molecular formula is C12H9F2N3OS. The second-order valence-corrected chi connectivity index (χ2v) is 4.62. The molecule has 0 saturated carbocycles. The number of oxime groups is 1. The highest BCUT2D eigenvalue weighted by Crippen LogP contribution is 2.32. The molecule has 0 saturated heterocycles. The summed E-state index contributed by atoms with van der Waals surface area (Å²) >= 11 is 0.949. The average Bonchev–Trinajstić information content (AvgIpc) is 2.42. The van der Waals surface area contributed by atoms with E-state index in [0.717, 1.165) is 30.0 Å². The zero-order valence-corrected chi connectivity index (χ0v) is 10.4. The van der Waals surface area contributed by atoms with Crippen LogP contribution in [0.5, 0.6) is 0 Å². The van der Waals surface area contributed by atoms with Crippen LogP contribution in [0.4, 0.5) is 8.78 Å². The largest absolute Gasteiger partial charge is 0.409 e. The summed E-state index contributed by atoms with van der Waals surface area (Å²) in [4.78, 5) is 4.44. The average molecular weight is 281 g/mol. The molecule has 4 nitrogen and oxygen atoms in total. The maximum absolute atomic E-state index is 13.6. The number of nitrogens with two attached hydrogens (primary N) is 1. The maximum Gasteiger partial charge on any atom is 0.171 e. The lowest BCUT2D eigenvalue weighted by atomic mass is 10.2. The van der Waals surface area contributed by atoms with Gasteiger partial charge in [-0.1, -0.05) is 16.9 Å². The molecular weight excluding hydrogens is 272 g/mol. The Morgan fingerprint density at radius 3 is 2.79 bits per heavy atom. The molecule has 3 N–H and O–H groups in total. The van der Waals surface area contributed by atoms with Crippen molar-refractivity contribution in [2.45, 2.75) is 9.79 Å². The van der Waals surface area contributed by atoms with Gasteiger partial charge in [-0.05, 0) is 24.3 Å². The molecule has 0 amide bonds. The standard InChI is InChI=1S/C12H9F2N3OS/c13-7-1-2-9(14)10(5-7)19-11-6-16-4-3-8(11)12(15)17-18/h1-6,18H,(H2,15,17). The van der Waals surface area contributed by atoms with E-state index in [1.54, 1.807) is 0 Å². The number of nitrogens with zero attached hydrogens (tertiary/aromatic N) is 2. The van der Waals surface area contributed by atoms with Gasteiger partial charge in [0.15, 0.2) is 5.84 Å². The lowest BCUT2D eigenvalue weighted by Crippen LogP contribution is -2.14. The van der Waals surface area contributed by atoms with Gasteiger partial charge >= 0.3 is 0 Å². The number of halogens is 2. The Kier molecular flexibility index (Phi) is 3.96. The first-order chi connectivity index (χ1) is 9.11. The monoisotopic (exact) mass is 281 g/mol. The summed E-state index contributed by atoms with van der Waals surface area (Å²) in [6, 6.07) is 4.67. The third-order valence-corrected chi connectivity index (χ3v) is 3.36. The zero-order valence-electron chi connectivity index (χ0n) is 9.55. The molecule has 1 aromatic carbocycles. The third kappa shape index (κ3) is 3.00. The normalized spacial score (nSPS) is 11.6. The van der Waals surface area contributed by atoms with E-state index in [2.05, 4.69) is 10.1 Å². The first kappa shape index (κ1) is 13.3. The van der Waals surface area contributed by atoms with Gasteiger partial charge in [-0.25, -0.2) is 8.78 Å². The topological polar surface area (TPSA) is 71.5 Å². The van der Waals surface area contributed by atoms with Crippen LogP contribution >= 0.6 is 11.8 Å². The summed E-state index contributed by atoms with van der Waals surface area (Å²) in [5.41, 5.74) is 5.90. The van der Waals surface area contributed by atoms with Gasteiger partial charge in [0.25, 0.3) is 0 Å². The van der Waals surface area contributed by atoms with E-state index >= 15 is 0 Å². The van der Waals surface area contributed by atoms with Gasteiger partial charge in [0.1, 0.15) is 11.6 Å². The predicted molar refractivity (Wildman–Crippen MR) is 67.2 cm³/mol. The minimum absolute atomic E-state index is 0.0972. The molecule has 0 aliphatic heterocycles. The molecule has 7 heteroatoms. The highest BCUT2D eigenvalue weighted by Gasteiger charge is 2.12. The smallest absolute Gasteiger partial charge is 0.171 e. The van der Waals surface area contributed by atoms with Crippen LogP contribution in [0, 0.1) is 11.6 Å². The Balaban J connectivity index is 2.41. The Bertz CT molecular complexity index is 634. The predicted octanol–water partition coefficient (Wildman–Crippen LogP) is 2.61. The number of hydrogen-bond acceptors (Lipinski definition) is 4. The summed E-state index contributed by atoms with van der Waals surface area (Å²) in [5.74, 6) is -1.22. The van der Waals surface area contributed by atoms with Crippen molar-refractivity contribution in [3.8, 4) is 0 Å². The van der Waals surface area contributed by atoms with Crippen LogP contribution in [0.1, 0.15) is 5.56 Å². The van der Waals surface area contributed by atoms with Gasteiger partial charge in [-0.3, -0.25) is 4.98 Å². The van der Waals surface area contributed by atoms with E-state index in [1.165, 1.54) is 18.5 Å². The number of rotatable bonds is 3. The van der Waals surface area contributed by atoms with E-state index in [-0.39, 0.29) is 10.7 Å². The quantitative estimate of drug-likeness (QED) is 0.392. The summed E-state index contributed by atoms with van der Waals surface area (Å²) in [6.45, 7) is 0. The summed E-state index contributed by atoms with van der Waals surface area (Å²) in [6.07, 6.45) is 2.89. The number of hydrogen-bond donors (Lipinski definition) is 2. The Labute approximate surface area is 112 Å². The van der Waals surface area contributed by atoms with Gasteiger partial charge in [0.05, 0.1) is 4.90 Å². The van der Waals surface area contributed by atoms with Crippen LogP contribution in [-0.4, -0.2) is 16.0 Å². The third-order valence-electron chi connectivity index (χ3n) is 2.28. The van der Waals surface area contributed by atoms with Crippen LogP contribution in [-0.2, 0) is 0 Å². The molecule has 1 heterocycles. The Morgan fingerprint density at radius 1 is 1.26 bits per heavy atom. The minimum Gasteiger partial charge on any atom is -0.409 e. The van der Waals surface area contributed by atoms with E-state index in [1.807, 2.05) is 0 Å². The van der Waals surface area contributed by atoms with Crippen molar-refractivity contribution in [1.29, 1.82) is 0 Å². The fraction of sp³-hybridized carbons (Fsp3) is 0. The molecule has 98 valence electrons. The molecule has 19 heavy (non-hydrogen) atoms. The molecule has 0 atom stereocenters. The van der Waals surface area contributed by atoms with Crippen molar-refractivity contribution in [3.63, 3.8) is 0 Å². The van der Waals surface area contributed by atoms with Gasteiger partial charge in [0, 0.05) is 22.9 Å². The molecule has 2 rings (SSSR count). The van der Waals surface area contributed by atoms with E-state index in [0.29, 0.717) is 10.5 Å². The van der Waals surface area contributed by atoms with Crippen molar-refractivity contribution in [2.75, 3.05) is 0 Å². The molecule has 1 aromatic heterocycles. The highest BCUT2D eigenvalue weighted by molar-refractivity contribution is 7.99. The SMILES string of the molecule is N/C(=N/O)c1ccncc1Sc1cc(F)ccc1F. The molecule has 0 bridgehead atoms. The second-order valence-electron chi connectivity index (χ2n) is 3.53. The highest BCUT2D eigenvalue weighted by atomic mass is 32.2. The van der Waals surface area contributed by atoms with Gasteiger partial charge < -0.3 is 10.9 Å². The molecule has 0 unspecified atom stereocenters. The van der Waals surface area contributed by atoms with E-state index in [9.17, 15) is 8.78 Å². The lowest BCUT2D eigenvalue weighted by Gasteiger charge is -2.07. The first-order valence-electron chi connectivity index (χ1n) is 5.16. The Morgan fingerprint density at radius 2 is 2.05 bits per heavy atom. The van der Waals surface area contributed by atoms with Crippen LogP contribution in [0.15, 0.2) is 51.6 Å². The molecule has 0 aliphatic carbocycles. The van der Waals surface area contributed by atoms with Crippen LogP contribution in [0.2, 0.25) is 0 Å². The lowest BCUT2D eigenvalue weighted by molar-refractivity contribution is 0.318. The van der Waals surface area contributed by atoms with Crippen molar-refractivity contribution >= 4 is 17.6 Å². The molecule has 0 fully saturated rings. The molecule has 0 radical (unpaired) electrons. The molecule has 0 aliphatic rings. The fourth-order valence-electron chi connectivity index (χ4n) is 1.40. The molecule has 0 spiro atoms. The van der Waals surface area contributed by atoms with Crippen molar-refractivity contribution in [1.82, 2.24) is 4.98 Å². The van der Waals surface area contributed by atoms with Crippen LogP contribution < -0.4 is 5.73 Å². The maximum atomic E-state index is 13.6. The fourth-order valence-corrected chi connectivity index (χ4v) is 2.37. The van der Waals surface area contributed by atoms with E-state index in [4.69, 9.17) is 10.9 Å². The summed E-state index contributed by atoms with van der Waals surface area (Å²) in [5, 5.41) is 11.6. The zero-order chi connectivity index (χ0) is 13.8. The first-order valence-corrected chi connectivity index (χ1v) is 5.98. The number of pyridine rings is 1. The van der Waals surface area contributed by atoms with Gasteiger partial charge in [0.2, 0.25) is 0 Å². The number of amidine groups is 1. The van der Waals surface area contributed by atoms with Crippen molar-refractivity contribution in [2.24, 2.45) is 10.9 Å². The van der Waals surface area contributed by atoms with E-state index < -0.39 is 11.6 Å². The summed E-state index contributed by atoms with van der Waals surface area (Å²) in [7, 11) is 0. The van der Waals surface area contributed by atoms with Crippen LogP contribution in [0.3, 0.4) is 0 Å². The van der Waals surface area contributed by atoms with Crippen molar-refractivity contribution < 1.29 is 14.0 Å². The second kappa shape index (κ2) is 5.66. The van der Waals surface area contributed by atoms with Crippen LogP contribution in [0.25, 0.3) is 0 Å². The number of aromatic nitrogens is 1.